The highest BCUT2D eigenvalue weighted by Crippen LogP contribution is 2.04. The number of hydrogen-bond acceptors (Lipinski definition) is 2. The smallest absolute Gasteiger partial charge is 0.229 e. The van der Waals surface area contributed by atoms with Crippen molar-refractivity contribution in [1.29, 1.82) is 0 Å². The summed E-state index contributed by atoms with van der Waals surface area (Å²) < 4.78 is 23.8. The Morgan fingerprint density at radius 3 is 2.58 bits per heavy atom. The Morgan fingerprint density at radius 1 is 1.42 bits per heavy atom. The Labute approximate surface area is 73.3 Å². The minimum Gasteiger partial charge on any atom is -0.284 e. The molecule has 0 atom stereocenters. The van der Waals surface area contributed by atoms with Gasteiger partial charge in [-0.15, -0.1) is 0 Å². The summed E-state index contributed by atoms with van der Waals surface area (Å²) in [5, 5.41) is 0. The molecule has 0 saturated heterocycles. The minimum atomic E-state index is -3.20. The van der Waals surface area contributed by atoms with Gasteiger partial charge in [0.05, 0.1) is 6.26 Å². The monoisotopic (exact) mass is 181 g/mol. The van der Waals surface area contributed by atoms with Crippen LogP contribution in [0.2, 0.25) is 0 Å². The van der Waals surface area contributed by atoms with E-state index in [-0.39, 0.29) is 0 Å². The first-order valence-electron chi connectivity index (χ1n) is 3.31. The van der Waals surface area contributed by atoms with Crippen LogP contribution in [0.3, 0.4) is 0 Å². The zero-order chi connectivity index (χ0) is 9.19. The number of sulfonamides is 1. The molecule has 0 unspecified atom stereocenters. The van der Waals surface area contributed by atoms with Crippen LogP contribution in [0.5, 0.6) is 0 Å². The van der Waals surface area contributed by atoms with Gasteiger partial charge in [0.15, 0.2) is 0 Å². The van der Waals surface area contributed by atoms with Gasteiger partial charge in [0.2, 0.25) is 10.0 Å². The Kier molecular flexibility index (Phi) is 2.42. The summed E-state index contributed by atoms with van der Waals surface area (Å²) in [7, 11) is 2.24. The van der Waals surface area contributed by atoms with E-state index in [0.717, 1.165) is 6.26 Å². The van der Waals surface area contributed by atoms with Crippen LogP contribution >= 0.6 is 0 Å². The zero-order valence-electron chi connectivity index (χ0n) is 6.61. The highest BCUT2D eigenvalue weighted by molar-refractivity contribution is 7.92. The van der Waals surface area contributed by atoms with Crippen molar-refractivity contribution in [3.05, 3.63) is 24.3 Å². The van der Waals surface area contributed by atoms with Crippen molar-refractivity contribution >= 4 is 29.0 Å². The fourth-order valence-electron chi connectivity index (χ4n) is 0.816. The van der Waals surface area contributed by atoms with Crippen LogP contribution in [0, 0.1) is 0 Å². The third-order valence-electron chi connectivity index (χ3n) is 1.19. The van der Waals surface area contributed by atoms with Gasteiger partial charge in [-0.1, -0.05) is 17.6 Å². The third-order valence-corrected chi connectivity index (χ3v) is 1.80. The maximum atomic E-state index is 10.8. The van der Waals surface area contributed by atoms with Crippen molar-refractivity contribution < 1.29 is 8.42 Å². The zero-order valence-corrected chi connectivity index (χ0v) is 7.43. The van der Waals surface area contributed by atoms with E-state index in [0.29, 0.717) is 11.2 Å². The van der Waals surface area contributed by atoms with Crippen LogP contribution in [-0.2, 0) is 10.0 Å². The number of nitrogens with one attached hydrogen (secondary N) is 1. The lowest BCUT2D eigenvalue weighted by Crippen LogP contribution is -2.11. The van der Waals surface area contributed by atoms with Crippen LogP contribution in [0.25, 0.3) is 0 Å². The molecule has 5 heteroatoms. The van der Waals surface area contributed by atoms with Crippen molar-refractivity contribution in [3.8, 4) is 0 Å². The predicted molar refractivity (Wildman–Crippen MR) is 50.3 cm³/mol. The Hall–Kier alpha value is -0.965. The van der Waals surface area contributed by atoms with Gasteiger partial charge in [-0.25, -0.2) is 8.42 Å². The molecule has 0 aliphatic carbocycles. The number of hydrogen-bond donors (Lipinski definition) is 1. The average molecular weight is 181 g/mol. The van der Waals surface area contributed by atoms with Crippen LogP contribution in [0.1, 0.15) is 0 Å². The largest absolute Gasteiger partial charge is 0.284 e. The summed E-state index contributed by atoms with van der Waals surface area (Å²) in [6.45, 7) is 0. The normalized spacial score (nSPS) is 11.1. The average Bonchev–Trinajstić information content (AvgIpc) is 1.82. The molecule has 0 heterocycles. The molecule has 1 aromatic rings. The first-order valence-corrected chi connectivity index (χ1v) is 5.20. The first-order chi connectivity index (χ1) is 5.47. The molecule has 0 aliphatic heterocycles. The van der Waals surface area contributed by atoms with E-state index in [4.69, 9.17) is 7.85 Å². The molecule has 62 valence electrons. The highest BCUT2D eigenvalue weighted by atomic mass is 32.2. The van der Waals surface area contributed by atoms with Gasteiger partial charge in [-0.3, -0.25) is 4.72 Å². The lowest BCUT2D eigenvalue weighted by Gasteiger charge is -2.03. The fourth-order valence-corrected chi connectivity index (χ4v) is 1.37. The molecular formula is C7H8BNO2S. The molecule has 0 bridgehead atoms. The van der Waals surface area contributed by atoms with Gasteiger partial charge in [0.25, 0.3) is 0 Å². The van der Waals surface area contributed by atoms with Crippen LogP contribution in [-0.4, -0.2) is 22.5 Å². The van der Waals surface area contributed by atoms with Gasteiger partial charge in [-0.05, 0) is 12.1 Å². The molecule has 0 spiro atoms. The van der Waals surface area contributed by atoms with Crippen LogP contribution < -0.4 is 10.2 Å². The van der Waals surface area contributed by atoms with Crippen molar-refractivity contribution in [1.82, 2.24) is 0 Å². The second-order valence-corrected chi connectivity index (χ2v) is 4.25. The lowest BCUT2D eigenvalue weighted by molar-refractivity contribution is 0.607. The maximum Gasteiger partial charge on any atom is 0.229 e. The molecule has 2 radical (unpaired) electrons. The van der Waals surface area contributed by atoms with Crippen LogP contribution in [0.15, 0.2) is 24.3 Å². The number of benzene rings is 1. The summed E-state index contributed by atoms with van der Waals surface area (Å²) in [6, 6.07) is 6.56. The fraction of sp³-hybridized carbons (Fsp3) is 0.143. The van der Waals surface area contributed by atoms with Gasteiger partial charge in [0.1, 0.15) is 7.85 Å². The predicted octanol–water partition coefficient (Wildman–Crippen LogP) is -0.148. The number of rotatable bonds is 2. The molecule has 0 aromatic heterocycles. The molecule has 0 saturated carbocycles. The van der Waals surface area contributed by atoms with E-state index >= 15 is 0 Å². The van der Waals surface area contributed by atoms with Gasteiger partial charge in [-0.2, -0.15) is 0 Å². The standard InChI is InChI=1S/C7H8BNO2S/c1-12(10,11)9-7-4-2-3-6(8)5-7/h2-5,9H,1H3. The maximum absolute atomic E-state index is 10.8. The second kappa shape index (κ2) is 3.19. The van der Waals surface area contributed by atoms with E-state index in [1.807, 2.05) is 0 Å². The molecular weight excluding hydrogens is 173 g/mol. The van der Waals surface area contributed by atoms with Crippen molar-refractivity contribution in [2.45, 2.75) is 0 Å². The molecule has 12 heavy (non-hydrogen) atoms. The molecule has 1 rings (SSSR count). The first kappa shape index (κ1) is 9.13. The van der Waals surface area contributed by atoms with Gasteiger partial charge < -0.3 is 0 Å². The van der Waals surface area contributed by atoms with E-state index in [1.165, 1.54) is 0 Å². The van der Waals surface area contributed by atoms with Crippen molar-refractivity contribution in [2.24, 2.45) is 0 Å². The Balaban J connectivity index is 2.91. The van der Waals surface area contributed by atoms with Gasteiger partial charge >= 0.3 is 0 Å². The minimum absolute atomic E-state index is 0.484. The number of anilines is 1. The second-order valence-electron chi connectivity index (χ2n) is 2.50. The molecule has 0 aliphatic rings. The van der Waals surface area contributed by atoms with Gasteiger partial charge in [0, 0.05) is 5.69 Å². The summed E-state index contributed by atoms with van der Waals surface area (Å²) >= 11 is 0. The topological polar surface area (TPSA) is 46.2 Å². The van der Waals surface area contributed by atoms with Crippen LogP contribution in [0.4, 0.5) is 5.69 Å². The lowest BCUT2D eigenvalue weighted by atomic mass is 9.96. The molecule has 1 aromatic carbocycles. The molecule has 1 N–H and O–H groups in total. The Morgan fingerprint density at radius 2 is 2.08 bits per heavy atom. The third kappa shape index (κ3) is 2.96. The molecule has 0 amide bonds. The summed E-state index contributed by atoms with van der Waals surface area (Å²) in [5.41, 5.74) is 1.01. The highest BCUT2D eigenvalue weighted by Gasteiger charge is 1.99. The Bertz CT molecular complexity index is 375. The van der Waals surface area contributed by atoms with E-state index in [2.05, 4.69) is 4.72 Å². The van der Waals surface area contributed by atoms with E-state index < -0.39 is 10.0 Å². The quantitative estimate of drug-likeness (QED) is 0.645. The SMILES string of the molecule is [B]c1cccc(NS(C)(=O)=O)c1. The summed E-state index contributed by atoms with van der Waals surface area (Å²) in [6.07, 6.45) is 1.09. The molecule has 3 nitrogen and oxygen atoms in total. The van der Waals surface area contributed by atoms with E-state index in [9.17, 15) is 8.42 Å². The summed E-state index contributed by atoms with van der Waals surface area (Å²) in [4.78, 5) is 0. The summed E-state index contributed by atoms with van der Waals surface area (Å²) in [5.74, 6) is 0. The van der Waals surface area contributed by atoms with Crippen molar-refractivity contribution in [2.75, 3.05) is 11.0 Å². The van der Waals surface area contributed by atoms with E-state index in [1.54, 1.807) is 24.3 Å². The van der Waals surface area contributed by atoms with Crippen molar-refractivity contribution in [3.63, 3.8) is 0 Å². The molecule has 0 fully saturated rings.